The molecule has 32 heavy (non-hydrogen) atoms. The summed E-state index contributed by atoms with van der Waals surface area (Å²) < 4.78 is 1.62. The fourth-order valence-electron chi connectivity index (χ4n) is 4.08. The third-order valence-electron chi connectivity index (χ3n) is 5.74. The van der Waals surface area contributed by atoms with Crippen molar-refractivity contribution >= 4 is 17.7 Å². The average molecular weight is 440 g/mol. The summed E-state index contributed by atoms with van der Waals surface area (Å²) in [6, 6.07) is 11.2. The van der Waals surface area contributed by atoms with E-state index in [4.69, 9.17) is 0 Å². The van der Waals surface area contributed by atoms with Crippen LogP contribution < -0.4 is 10.6 Å². The molecule has 0 saturated carbocycles. The van der Waals surface area contributed by atoms with Gasteiger partial charge in [0.05, 0.1) is 24.7 Å². The van der Waals surface area contributed by atoms with Gasteiger partial charge in [-0.2, -0.15) is 5.10 Å². The third kappa shape index (κ3) is 6.67. The highest BCUT2D eigenvalue weighted by Crippen LogP contribution is 2.25. The lowest BCUT2D eigenvalue weighted by Crippen LogP contribution is -2.44. The minimum atomic E-state index is -0.366. The molecule has 3 rings (SSSR count). The summed E-state index contributed by atoms with van der Waals surface area (Å²) in [5.74, 6) is -0.517. The number of carbonyl (C=O) groups is 3. The standard InChI is InChI=1S/C24H33N5O3/c1-18-14-19(2)29(27-18)17-23(31)26-16-24(32)28-13-9-4-3-8-12-25-22(30)15-21(28)20-10-6-5-7-11-20/h5-7,10-11,14,21H,3-4,8-9,12-13,15-17H2,1-2H3,(H,25,30)(H,26,31). The number of hydrogen-bond donors (Lipinski definition) is 2. The maximum absolute atomic E-state index is 13.2. The van der Waals surface area contributed by atoms with Gasteiger partial charge >= 0.3 is 0 Å². The van der Waals surface area contributed by atoms with Crippen LogP contribution in [0.1, 0.15) is 55.1 Å². The van der Waals surface area contributed by atoms with E-state index in [1.807, 2.05) is 50.2 Å². The summed E-state index contributed by atoms with van der Waals surface area (Å²) >= 11 is 0. The van der Waals surface area contributed by atoms with Crippen molar-refractivity contribution in [3.8, 4) is 0 Å². The minimum Gasteiger partial charge on any atom is -0.356 e. The van der Waals surface area contributed by atoms with Crippen molar-refractivity contribution in [3.05, 3.63) is 53.3 Å². The number of aryl methyl sites for hydroxylation is 2. The molecule has 1 aromatic carbocycles. The molecule has 1 aliphatic heterocycles. The molecule has 0 aliphatic carbocycles. The number of nitrogens with one attached hydrogen (secondary N) is 2. The van der Waals surface area contributed by atoms with Crippen molar-refractivity contribution < 1.29 is 14.4 Å². The molecule has 2 aromatic rings. The highest BCUT2D eigenvalue weighted by molar-refractivity contribution is 5.85. The van der Waals surface area contributed by atoms with Crippen molar-refractivity contribution in [2.45, 2.75) is 58.5 Å². The first kappa shape index (κ1) is 23.5. The quantitative estimate of drug-likeness (QED) is 0.747. The van der Waals surface area contributed by atoms with Crippen LogP contribution in [0.5, 0.6) is 0 Å². The van der Waals surface area contributed by atoms with E-state index in [9.17, 15) is 14.4 Å². The van der Waals surface area contributed by atoms with Crippen LogP contribution in [0.2, 0.25) is 0 Å². The van der Waals surface area contributed by atoms with Crippen LogP contribution in [-0.2, 0) is 20.9 Å². The van der Waals surface area contributed by atoms with Gasteiger partial charge in [0, 0.05) is 18.8 Å². The Morgan fingerprint density at radius 1 is 1.12 bits per heavy atom. The minimum absolute atomic E-state index is 0.0629. The van der Waals surface area contributed by atoms with Crippen LogP contribution in [0.3, 0.4) is 0 Å². The zero-order chi connectivity index (χ0) is 22.9. The second-order valence-corrected chi connectivity index (χ2v) is 8.34. The number of hydrogen-bond acceptors (Lipinski definition) is 4. The Bertz CT molecular complexity index is 925. The maximum atomic E-state index is 13.2. The Hall–Kier alpha value is -3.16. The van der Waals surface area contributed by atoms with Gasteiger partial charge in [-0.1, -0.05) is 43.2 Å². The Kier molecular flexibility index (Phi) is 8.41. The van der Waals surface area contributed by atoms with Crippen LogP contribution in [0, 0.1) is 13.8 Å². The summed E-state index contributed by atoms with van der Waals surface area (Å²) in [7, 11) is 0. The van der Waals surface area contributed by atoms with Gasteiger partial charge in [-0.15, -0.1) is 0 Å². The fraction of sp³-hybridized carbons (Fsp3) is 0.500. The first-order valence-electron chi connectivity index (χ1n) is 11.3. The number of rotatable bonds is 5. The van der Waals surface area contributed by atoms with E-state index in [1.165, 1.54) is 0 Å². The second-order valence-electron chi connectivity index (χ2n) is 8.34. The van der Waals surface area contributed by atoms with Crippen molar-refractivity contribution in [1.29, 1.82) is 0 Å². The zero-order valence-corrected chi connectivity index (χ0v) is 19.0. The molecule has 8 heteroatoms. The maximum Gasteiger partial charge on any atom is 0.242 e. The number of benzene rings is 1. The molecule has 1 saturated heterocycles. The summed E-state index contributed by atoms with van der Waals surface area (Å²) in [5, 5.41) is 9.99. The monoisotopic (exact) mass is 439 g/mol. The Morgan fingerprint density at radius 2 is 1.88 bits per heavy atom. The van der Waals surface area contributed by atoms with E-state index in [0.29, 0.717) is 13.1 Å². The van der Waals surface area contributed by atoms with Gasteiger partial charge < -0.3 is 15.5 Å². The van der Waals surface area contributed by atoms with E-state index >= 15 is 0 Å². The molecule has 1 aliphatic rings. The van der Waals surface area contributed by atoms with E-state index < -0.39 is 0 Å². The molecule has 0 spiro atoms. The molecular formula is C24H33N5O3. The van der Waals surface area contributed by atoms with Crippen LogP contribution in [0.4, 0.5) is 0 Å². The lowest BCUT2D eigenvalue weighted by molar-refractivity contribution is -0.136. The highest BCUT2D eigenvalue weighted by Gasteiger charge is 2.27. The van der Waals surface area contributed by atoms with Crippen LogP contribution in [-0.4, -0.2) is 52.0 Å². The lowest BCUT2D eigenvalue weighted by atomic mass is 10.0. The summed E-state index contributed by atoms with van der Waals surface area (Å²) in [6.45, 7) is 4.94. The first-order chi connectivity index (χ1) is 15.4. The molecule has 0 bridgehead atoms. The predicted octanol–water partition coefficient (Wildman–Crippen LogP) is 2.27. The molecular weight excluding hydrogens is 406 g/mol. The van der Waals surface area contributed by atoms with E-state index in [-0.39, 0.29) is 43.3 Å². The van der Waals surface area contributed by atoms with E-state index in [1.54, 1.807) is 9.58 Å². The molecule has 2 N–H and O–H groups in total. The number of carbonyl (C=O) groups excluding carboxylic acids is 3. The van der Waals surface area contributed by atoms with Gasteiger partial charge in [0.1, 0.15) is 6.54 Å². The molecule has 8 nitrogen and oxygen atoms in total. The number of nitrogens with zero attached hydrogens (tertiary/aromatic N) is 3. The van der Waals surface area contributed by atoms with Crippen molar-refractivity contribution in [3.63, 3.8) is 0 Å². The van der Waals surface area contributed by atoms with Crippen LogP contribution >= 0.6 is 0 Å². The van der Waals surface area contributed by atoms with Gasteiger partial charge in [-0.3, -0.25) is 19.1 Å². The SMILES string of the molecule is Cc1cc(C)n(CC(=O)NCC(=O)N2CCCCCCNC(=O)CC2c2ccccc2)n1. The van der Waals surface area contributed by atoms with Gasteiger partial charge in [0.2, 0.25) is 17.7 Å². The summed E-state index contributed by atoms with van der Waals surface area (Å²) in [4.78, 5) is 39.9. The molecule has 172 valence electrons. The van der Waals surface area contributed by atoms with E-state index in [2.05, 4.69) is 15.7 Å². The fourth-order valence-corrected chi connectivity index (χ4v) is 4.08. The number of aromatic nitrogens is 2. The van der Waals surface area contributed by atoms with Crippen molar-refractivity contribution in [2.24, 2.45) is 0 Å². The smallest absolute Gasteiger partial charge is 0.242 e. The average Bonchev–Trinajstić information content (AvgIpc) is 3.07. The first-order valence-corrected chi connectivity index (χ1v) is 11.3. The largest absolute Gasteiger partial charge is 0.356 e. The molecule has 0 radical (unpaired) electrons. The number of amides is 3. The lowest BCUT2D eigenvalue weighted by Gasteiger charge is -2.32. The van der Waals surface area contributed by atoms with E-state index in [0.717, 1.165) is 42.6 Å². The predicted molar refractivity (Wildman–Crippen MR) is 122 cm³/mol. The van der Waals surface area contributed by atoms with Gasteiger partial charge in [0.25, 0.3) is 0 Å². The van der Waals surface area contributed by atoms with Gasteiger partial charge in [-0.05, 0) is 38.3 Å². The summed E-state index contributed by atoms with van der Waals surface area (Å²) in [5.41, 5.74) is 2.66. The Labute approximate surface area is 189 Å². The van der Waals surface area contributed by atoms with Gasteiger partial charge in [0.15, 0.2) is 0 Å². The molecule has 1 fully saturated rings. The normalized spacial score (nSPS) is 17.9. The van der Waals surface area contributed by atoms with Crippen molar-refractivity contribution in [2.75, 3.05) is 19.6 Å². The molecule has 3 amide bonds. The second kappa shape index (κ2) is 11.5. The Morgan fingerprint density at radius 3 is 2.59 bits per heavy atom. The topological polar surface area (TPSA) is 96.3 Å². The molecule has 1 atom stereocenters. The zero-order valence-electron chi connectivity index (χ0n) is 19.0. The molecule has 2 heterocycles. The van der Waals surface area contributed by atoms with Gasteiger partial charge in [-0.25, -0.2) is 0 Å². The Balaban J connectivity index is 1.71. The van der Waals surface area contributed by atoms with Crippen LogP contribution in [0.15, 0.2) is 36.4 Å². The molecule has 1 aromatic heterocycles. The third-order valence-corrected chi connectivity index (χ3v) is 5.74. The van der Waals surface area contributed by atoms with Crippen LogP contribution in [0.25, 0.3) is 0 Å². The highest BCUT2D eigenvalue weighted by atomic mass is 16.2. The molecule has 1 unspecified atom stereocenters. The summed E-state index contributed by atoms with van der Waals surface area (Å²) in [6.07, 6.45) is 4.01. The van der Waals surface area contributed by atoms with Crippen molar-refractivity contribution in [1.82, 2.24) is 25.3 Å².